The van der Waals surface area contributed by atoms with E-state index in [2.05, 4.69) is 5.32 Å². The van der Waals surface area contributed by atoms with Crippen molar-refractivity contribution in [2.45, 2.75) is 39.3 Å². The molecule has 2 aromatic carbocycles. The first-order valence-electron chi connectivity index (χ1n) is 8.30. The monoisotopic (exact) mass is 327 g/mol. The van der Waals surface area contributed by atoms with E-state index in [4.69, 9.17) is 9.84 Å². The van der Waals surface area contributed by atoms with Crippen LogP contribution in [0.2, 0.25) is 0 Å². The van der Waals surface area contributed by atoms with Gasteiger partial charge in [0, 0.05) is 12.6 Å². The van der Waals surface area contributed by atoms with E-state index in [0.29, 0.717) is 24.3 Å². The molecule has 0 heterocycles. The summed E-state index contributed by atoms with van der Waals surface area (Å²) in [5.74, 6) is 0.424. The lowest BCUT2D eigenvalue weighted by Crippen LogP contribution is -2.32. The molecule has 0 bridgehead atoms. The molecule has 0 aliphatic carbocycles. The zero-order chi connectivity index (χ0) is 17.4. The zero-order valence-corrected chi connectivity index (χ0v) is 14.3. The van der Waals surface area contributed by atoms with E-state index in [0.717, 1.165) is 17.5 Å². The molecular weight excluding hydrogens is 302 g/mol. The predicted octanol–water partition coefficient (Wildman–Crippen LogP) is 3.46. The van der Waals surface area contributed by atoms with Crippen LogP contribution in [0.25, 0.3) is 0 Å². The summed E-state index contributed by atoms with van der Waals surface area (Å²) in [6.45, 7) is 4.54. The van der Waals surface area contributed by atoms with Gasteiger partial charge in [-0.25, -0.2) is 0 Å². The van der Waals surface area contributed by atoms with Crippen LogP contribution in [0, 0.1) is 6.92 Å². The van der Waals surface area contributed by atoms with Crippen molar-refractivity contribution in [1.82, 2.24) is 5.32 Å². The maximum Gasteiger partial charge on any atom is 0.255 e. The lowest BCUT2D eigenvalue weighted by molar-refractivity contribution is 0.0932. The van der Waals surface area contributed by atoms with Crippen LogP contribution in [0.4, 0.5) is 0 Å². The molecule has 0 aromatic heterocycles. The fraction of sp³-hybridized carbons (Fsp3) is 0.350. The fourth-order valence-electron chi connectivity index (χ4n) is 2.48. The molecule has 0 aliphatic heterocycles. The lowest BCUT2D eigenvalue weighted by Gasteiger charge is -2.16. The van der Waals surface area contributed by atoms with Gasteiger partial charge in [-0.15, -0.1) is 0 Å². The number of amides is 1. The first kappa shape index (κ1) is 18.0. The number of carbonyl (C=O) groups excluding carboxylic acids is 1. The van der Waals surface area contributed by atoms with Crippen LogP contribution in [-0.4, -0.2) is 23.7 Å². The number of nitrogens with one attached hydrogen (secondary N) is 1. The SMILES string of the molecule is Cc1ccccc1COc1ccccc1C(=O)NC(C)CCCO. The molecule has 0 saturated heterocycles. The van der Waals surface area contributed by atoms with Crippen molar-refractivity contribution in [2.24, 2.45) is 0 Å². The van der Waals surface area contributed by atoms with E-state index in [1.54, 1.807) is 6.07 Å². The molecule has 1 amide bonds. The summed E-state index contributed by atoms with van der Waals surface area (Å²) >= 11 is 0. The Morgan fingerprint density at radius 1 is 1.17 bits per heavy atom. The van der Waals surface area contributed by atoms with Crippen LogP contribution in [0.3, 0.4) is 0 Å². The van der Waals surface area contributed by atoms with E-state index in [-0.39, 0.29) is 18.6 Å². The van der Waals surface area contributed by atoms with Gasteiger partial charge in [-0.3, -0.25) is 4.79 Å². The standard InChI is InChI=1S/C20H25NO3/c1-15-8-3-4-10-17(15)14-24-19-12-6-5-11-18(19)20(23)21-16(2)9-7-13-22/h3-6,8,10-12,16,22H,7,9,13-14H2,1-2H3,(H,21,23). The summed E-state index contributed by atoms with van der Waals surface area (Å²) in [4.78, 5) is 12.5. The average molecular weight is 327 g/mol. The fourth-order valence-corrected chi connectivity index (χ4v) is 2.48. The number of aliphatic hydroxyl groups excluding tert-OH is 1. The van der Waals surface area contributed by atoms with Gasteiger partial charge in [0.25, 0.3) is 5.91 Å². The molecule has 4 nitrogen and oxygen atoms in total. The van der Waals surface area contributed by atoms with Crippen molar-refractivity contribution < 1.29 is 14.6 Å². The summed E-state index contributed by atoms with van der Waals surface area (Å²) in [6.07, 6.45) is 1.42. The van der Waals surface area contributed by atoms with E-state index in [1.807, 2.05) is 56.3 Å². The van der Waals surface area contributed by atoms with Crippen molar-refractivity contribution in [2.75, 3.05) is 6.61 Å². The maximum atomic E-state index is 12.5. The molecule has 0 fully saturated rings. The number of carbonyl (C=O) groups is 1. The summed E-state index contributed by atoms with van der Waals surface area (Å²) in [7, 11) is 0. The van der Waals surface area contributed by atoms with Gasteiger partial charge in [0.05, 0.1) is 5.56 Å². The highest BCUT2D eigenvalue weighted by molar-refractivity contribution is 5.97. The highest BCUT2D eigenvalue weighted by atomic mass is 16.5. The van der Waals surface area contributed by atoms with Gasteiger partial charge in [-0.05, 0) is 49.9 Å². The Bertz CT molecular complexity index is 669. The molecule has 0 radical (unpaired) electrons. The first-order chi connectivity index (χ1) is 11.6. The summed E-state index contributed by atoms with van der Waals surface area (Å²) in [5, 5.41) is 11.8. The summed E-state index contributed by atoms with van der Waals surface area (Å²) in [6, 6.07) is 15.3. The first-order valence-corrected chi connectivity index (χ1v) is 8.30. The third-order valence-corrected chi connectivity index (χ3v) is 3.95. The van der Waals surface area contributed by atoms with Crippen LogP contribution in [0.5, 0.6) is 5.75 Å². The second kappa shape index (κ2) is 9.08. The largest absolute Gasteiger partial charge is 0.488 e. The van der Waals surface area contributed by atoms with Crippen molar-refractivity contribution in [3.8, 4) is 5.75 Å². The van der Waals surface area contributed by atoms with Gasteiger partial charge in [0.1, 0.15) is 12.4 Å². The van der Waals surface area contributed by atoms with Gasteiger partial charge < -0.3 is 15.2 Å². The van der Waals surface area contributed by atoms with E-state index in [1.165, 1.54) is 0 Å². The minimum Gasteiger partial charge on any atom is -0.488 e. The number of ether oxygens (including phenoxy) is 1. The minimum atomic E-state index is -0.152. The van der Waals surface area contributed by atoms with Crippen molar-refractivity contribution >= 4 is 5.91 Å². The number of rotatable bonds is 8. The second-order valence-electron chi connectivity index (χ2n) is 5.95. The number of aliphatic hydroxyl groups is 1. The molecule has 0 aliphatic rings. The molecule has 4 heteroatoms. The van der Waals surface area contributed by atoms with Crippen LogP contribution in [0.15, 0.2) is 48.5 Å². The van der Waals surface area contributed by atoms with Gasteiger partial charge in [0.15, 0.2) is 0 Å². The molecule has 2 rings (SSSR count). The smallest absolute Gasteiger partial charge is 0.255 e. The number of aryl methyl sites for hydroxylation is 1. The van der Waals surface area contributed by atoms with E-state index >= 15 is 0 Å². The predicted molar refractivity (Wildman–Crippen MR) is 95.2 cm³/mol. The van der Waals surface area contributed by atoms with Crippen LogP contribution in [-0.2, 0) is 6.61 Å². The molecule has 0 spiro atoms. The van der Waals surface area contributed by atoms with Gasteiger partial charge in [-0.1, -0.05) is 36.4 Å². The topological polar surface area (TPSA) is 58.6 Å². The Labute approximate surface area is 143 Å². The van der Waals surface area contributed by atoms with Crippen molar-refractivity contribution in [3.05, 3.63) is 65.2 Å². The maximum absolute atomic E-state index is 12.5. The molecule has 1 unspecified atom stereocenters. The molecule has 128 valence electrons. The Morgan fingerprint density at radius 3 is 2.62 bits per heavy atom. The van der Waals surface area contributed by atoms with E-state index < -0.39 is 0 Å². The third kappa shape index (κ3) is 5.10. The minimum absolute atomic E-state index is 0.00840. The molecule has 1 atom stereocenters. The quantitative estimate of drug-likeness (QED) is 0.780. The summed E-state index contributed by atoms with van der Waals surface area (Å²) < 4.78 is 5.89. The van der Waals surface area contributed by atoms with Crippen LogP contribution >= 0.6 is 0 Å². The van der Waals surface area contributed by atoms with Gasteiger partial charge in [-0.2, -0.15) is 0 Å². The normalized spacial score (nSPS) is 11.8. The number of para-hydroxylation sites is 1. The number of hydrogen-bond donors (Lipinski definition) is 2. The van der Waals surface area contributed by atoms with Crippen molar-refractivity contribution in [3.63, 3.8) is 0 Å². The van der Waals surface area contributed by atoms with Crippen molar-refractivity contribution in [1.29, 1.82) is 0 Å². The summed E-state index contributed by atoms with van der Waals surface area (Å²) in [5.41, 5.74) is 2.79. The van der Waals surface area contributed by atoms with Gasteiger partial charge in [0.2, 0.25) is 0 Å². The molecular formula is C20H25NO3. The second-order valence-corrected chi connectivity index (χ2v) is 5.95. The highest BCUT2D eigenvalue weighted by Crippen LogP contribution is 2.20. The van der Waals surface area contributed by atoms with Crippen LogP contribution < -0.4 is 10.1 Å². The number of benzene rings is 2. The number of hydrogen-bond acceptors (Lipinski definition) is 3. The Hall–Kier alpha value is -2.33. The third-order valence-electron chi connectivity index (χ3n) is 3.95. The van der Waals surface area contributed by atoms with E-state index in [9.17, 15) is 4.79 Å². The molecule has 0 saturated carbocycles. The Morgan fingerprint density at radius 2 is 1.88 bits per heavy atom. The Kier molecular flexibility index (Phi) is 6.82. The van der Waals surface area contributed by atoms with Gasteiger partial charge >= 0.3 is 0 Å². The molecule has 2 aromatic rings. The highest BCUT2D eigenvalue weighted by Gasteiger charge is 2.14. The molecule has 2 N–H and O–H groups in total. The Balaban J connectivity index is 2.04. The lowest BCUT2D eigenvalue weighted by atomic mass is 10.1. The average Bonchev–Trinajstić information content (AvgIpc) is 2.59. The van der Waals surface area contributed by atoms with Crippen LogP contribution in [0.1, 0.15) is 41.3 Å². The molecule has 24 heavy (non-hydrogen) atoms. The zero-order valence-electron chi connectivity index (χ0n) is 14.3.